The van der Waals surface area contributed by atoms with Crippen molar-refractivity contribution in [3.8, 4) is 11.1 Å². The first-order valence-corrected chi connectivity index (χ1v) is 15.0. The van der Waals surface area contributed by atoms with Gasteiger partial charge in [-0.05, 0) is 135 Å². The van der Waals surface area contributed by atoms with Gasteiger partial charge in [-0.2, -0.15) is 0 Å². The molecule has 43 heavy (non-hydrogen) atoms. The molecule has 1 aliphatic rings. The highest BCUT2D eigenvalue weighted by atomic mass is 19.1. The summed E-state index contributed by atoms with van der Waals surface area (Å²) in [4.78, 5) is 10.3. The van der Waals surface area contributed by atoms with Gasteiger partial charge in [-0.1, -0.05) is 24.8 Å². The van der Waals surface area contributed by atoms with Crippen molar-refractivity contribution in [3.63, 3.8) is 0 Å². The molecule has 222 valence electrons. The van der Waals surface area contributed by atoms with Crippen molar-refractivity contribution < 1.29 is 4.39 Å². The number of rotatable bonds is 12. The van der Waals surface area contributed by atoms with Crippen molar-refractivity contribution in [2.45, 2.75) is 39.2 Å². The standard InChI is InChI=1S/C36H41FN6/c1-24(29-16-26(22-41-23-29)8-7-15-43-13-4-5-14-43)11-12-33(38)25(2)36(39)35-20-32-31(9-6-10-34(32)42-35)28-17-27(21-40-3)18-30(37)19-28/h6,9-12,16-20,22-23,39-40,42H,2,4-5,7-8,13-15,21,38H2,1,3H3/b24-11+,33-12+,39-36?. The number of aryl methyl sites for hydroxylation is 1. The molecule has 0 amide bonds. The molecule has 0 spiro atoms. The highest BCUT2D eigenvalue weighted by molar-refractivity contribution is 6.14. The molecule has 2 aromatic carbocycles. The summed E-state index contributed by atoms with van der Waals surface area (Å²) < 4.78 is 14.4. The molecule has 0 bridgehead atoms. The summed E-state index contributed by atoms with van der Waals surface area (Å²) in [6, 6.07) is 15.0. The Bertz CT molecular complexity index is 1690. The lowest BCUT2D eigenvalue weighted by atomic mass is 9.99. The lowest BCUT2D eigenvalue weighted by Crippen LogP contribution is -2.20. The smallest absolute Gasteiger partial charge is 0.124 e. The summed E-state index contributed by atoms with van der Waals surface area (Å²) in [5.74, 6) is -0.280. The molecule has 6 nitrogen and oxygen atoms in total. The van der Waals surface area contributed by atoms with Crippen LogP contribution in [0.25, 0.3) is 27.6 Å². The summed E-state index contributed by atoms with van der Waals surface area (Å²) >= 11 is 0. The molecule has 3 heterocycles. The largest absolute Gasteiger partial charge is 0.398 e. The van der Waals surface area contributed by atoms with Crippen LogP contribution in [0.15, 0.2) is 90.9 Å². The predicted molar refractivity (Wildman–Crippen MR) is 177 cm³/mol. The van der Waals surface area contributed by atoms with Gasteiger partial charge in [0.2, 0.25) is 0 Å². The number of fused-ring (bicyclic) bond motifs is 1. The van der Waals surface area contributed by atoms with Crippen LogP contribution < -0.4 is 11.1 Å². The summed E-state index contributed by atoms with van der Waals surface area (Å²) in [7, 11) is 1.84. The van der Waals surface area contributed by atoms with Crippen molar-refractivity contribution in [3.05, 3.63) is 119 Å². The van der Waals surface area contributed by atoms with Gasteiger partial charge >= 0.3 is 0 Å². The minimum Gasteiger partial charge on any atom is -0.398 e. The fourth-order valence-corrected chi connectivity index (χ4v) is 5.73. The van der Waals surface area contributed by atoms with E-state index in [0.717, 1.165) is 58.1 Å². The fourth-order valence-electron chi connectivity index (χ4n) is 5.73. The van der Waals surface area contributed by atoms with E-state index in [9.17, 15) is 4.39 Å². The number of aromatic amines is 1. The molecular formula is C36H41FN6. The second-order valence-corrected chi connectivity index (χ2v) is 11.4. The zero-order chi connectivity index (χ0) is 30.3. The number of H-pyrrole nitrogens is 1. The van der Waals surface area contributed by atoms with Gasteiger partial charge in [0.15, 0.2) is 0 Å². The average Bonchev–Trinajstić information content (AvgIpc) is 3.69. The molecule has 0 saturated carbocycles. The molecule has 0 unspecified atom stereocenters. The van der Waals surface area contributed by atoms with Crippen molar-refractivity contribution in [1.29, 1.82) is 5.41 Å². The Hall–Kier alpha value is -4.33. The maximum absolute atomic E-state index is 14.4. The first-order valence-electron chi connectivity index (χ1n) is 15.0. The third-order valence-electron chi connectivity index (χ3n) is 8.13. The van der Waals surface area contributed by atoms with E-state index in [2.05, 4.69) is 32.8 Å². The lowest BCUT2D eigenvalue weighted by Gasteiger charge is -2.14. The summed E-state index contributed by atoms with van der Waals surface area (Å²) in [5, 5.41) is 12.8. The van der Waals surface area contributed by atoms with Crippen LogP contribution in [0.2, 0.25) is 0 Å². The number of nitrogens with one attached hydrogen (secondary N) is 3. The number of nitrogens with zero attached hydrogens (tertiary/aromatic N) is 2. The highest BCUT2D eigenvalue weighted by Gasteiger charge is 2.15. The summed E-state index contributed by atoms with van der Waals surface area (Å²) in [6.07, 6.45) is 12.4. The highest BCUT2D eigenvalue weighted by Crippen LogP contribution is 2.31. The van der Waals surface area contributed by atoms with Crippen LogP contribution in [-0.4, -0.2) is 47.3 Å². The first kappa shape index (κ1) is 30.1. The summed E-state index contributed by atoms with van der Waals surface area (Å²) in [5.41, 5.74) is 14.8. The normalized spacial score (nSPS) is 14.5. The average molecular weight is 577 g/mol. The van der Waals surface area contributed by atoms with E-state index in [1.54, 1.807) is 12.1 Å². The monoisotopic (exact) mass is 576 g/mol. The zero-order valence-electron chi connectivity index (χ0n) is 25.1. The van der Waals surface area contributed by atoms with Gasteiger partial charge in [-0.3, -0.25) is 10.4 Å². The van der Waals surface area contributed by atoms with E-state index in [0.29, 0.717) is 23.5 Å². The molecule has 5 N–H and O–H groups in total. The topological polar surface area (TPSA) is 93.8 Å². The second-order valence-electron chi connectivity index (χ2n) is 11.4. The van der Waals surface area contributed by atoms with Crippen molar-refractivity contribution in [2.24, 2.45) is 5.73 Å². The molecular weight excluding hydrogens is 535 g/mol. The van der Waals surface area contributed by atoms with Gasteiger partial charge in [-0.25, -0.2) is 4.39 Å². The Morgan fingerprint density at radius 3 is 2.72 bits per heavy atom. The van der Waals surface area contributed by atoms with Crippen LogP contribution in [0.5, 0.6) is 0 Å². The van der Waals surface area contributed by atoms with Crippen molar-refractivity contribution >= 4 is 22.2 Å². The molecule has 1 fully saturated rings. The molecule has 0 atom stereocenters. The number of hydrogen-bond donors (Lipinski definition) is 4. The van der Waals surface area contributed by atoms with Gasteiger partial charge in [-0.15, -0.1) is 0 Å². The molecule has 4 aromatic rings. The van der Waals surface area contributed by atoms with Gasteiger partial charge in [0.1, 0.15) is 5.82 Å². The van der Waals surface area contributed by atoms with Crippen LogP contribution in [0.1, 0.15) is 48.6 Å². The molecule has 0 aliphatic carbocycles. The number of halogens is 1. The maximum Gasteiger partial charge on any atom is 0.124 e. The van der Waals surface area contributed by atoms with Crippen molar-refractivity contribution in [1.82, 2.24) is 20.2 Å². The van der Waals surface area contributed by atoms with Gasteiger partial charge in [0.05, 0.1) is 11.4 Å². The molecule has 0 radical (unpaired) electrons. The predicted octanol–water partition coefficient (Wildman–Crippen LogP) is 6.99. The second kappa shape index (κ2) is 13.8. The SMILES string of the molecule is C=C(C(=N)c1cc2c(-c3cc(F)cc(CNC)c3)cccc2[nH]1)/C(N)=C\C=C(/C)c1cncc(CCCN2CCCC2)c1. The minimum atomic E-state index is -0.280. The van der Waals surface area contributed by atoms with E-state index in [-0.39, 0.29) is 11.5 Å². The lowest BCUT2D eigenvalue weighted by molar-refractivity contribution is 0.334. The fraction of sp³-hybridized carbons (Fsp3) is 0.278. The number of aromatic nitrogens is 2. The van der Waals surface area contributed by atoms with Gasteiger partial charge < -0.3 is 20.9 Å². The number of allylic oxidation sites excluding steroid dienone is 4. The van der Waals surface area contributed by atoms with E-state index >= 15 is 0 Å². The molecule has 1 aliphatic heterocycles. The summed E-state index contributed by atoms with van der Waals surface area (Å²) in [6.45, 7) is 10.3. The van der Waals surface area contributed by atoms with Crippen LogP contribution in [0.3, 0.4) is 0 Å². The van der Waals surface area contributed by atoms with Crippen LogP contribution in [0.4, 0.5) is 4.39 Å². The van der Waals surface area contributed by atoms with E-state index in [1.165, 1.54) is 37.6 Å². The van der Waals surface area contributed by atoms with Gasteiger partial charge in [0.25, 0.3) is 0 Å². The number of nitrogens with two attached hydrogens (primary N) is 1. The number of pyridine rings is 1. The number of hydrogen-bond acceptors (Lipinski definition) is 5. The van der Waals surface area contributed by atoms with Crippen LogP contribution >= 0.6 is 0 Å². The number of benzene rings is 2. The molecule has 5 rings (SSSR count). The third-order valence-corrected chi connectivity index (χ3v) is 8.13. The molecule has 2 aromatic heterocycles. The quantitative estimate of drug-likeness (QED) is 0.108. The Labute approximate surface area is 253 Å². The van der Waals surface area contributed by atoms with Crippen molar-refractivity contribution in [2.75, 3.05) is 26.7 Å². The first-order chi connectivity index (χ1) is 20.8. The number of likely N-dealkylation sites (tertiary alicyclic amines) is 1. The van der Waals surface area contributed by atoms with Crippen LogP contribution in [-0.2, 0) is 13.0 Å². The Kier molecular flexibility index (Phi) is 9.65. The van der Waals surface area contributed by atoms with E-state index < -0.39 is 0 Å². The Balaban J connectivity index is 1.29. The van der Waals surface area contributed by atoms with Crippen LogP contribution in [0, 0.1) is 11.2 Å². The maximum atomic E-state index is 14.4. The van der Waals surface area contributed by atoms with Gasteiger partial charge in [0, 0.05) is 41.1 Å². The van der Waals surface area contributed by atoms with E-state index in [1.807, 2.05) is 62.8 Å². The minimum absolute atomic E-state index is 0.207. The Morgan fingerprint density at radius 1 is 1.12 bits per heavy atom. The van der Waals surface area contributed by atoms with E-state index in [4.69, 9.17) is 11.1 Å². The third kappa shape index (κ3) is 7.37. The Morgan fingerprint density at radius 2 is 1.93 bits per heavy atom. The molecule has 1 saturated heterocycles. The zero-order valence-corrected chi connectivity index (χ0v) is 25.1. The molecule has 7 heteroatoms.